The van der Waals surface area contributed by atoms with E-state index in [1.165, 1.54) is 31.3 Å². The molecule has 1 saturated heterocycles. The molecule has 122 valence electrons. The van der Waals surface area contributed by atoms with Gasteiger partial charge in [0.2, 0.25) is 0 Å². The van der Waals surface area contributed by atoms with E-state index in [0.717, 1.165) is 12.8 Å². The molecule has 4 unspecified atom stereocenters. The monoisotopic (exact) mass is 304 g/mol. The van der Waals surface area contributed by atoms with Crippen LogP contribution >= 0.6 is 0 Å². The fourth-order valence-electron chi connectivity index (χ4n) is 4.40. The van der Waals surface area contributed by atoms with Crippen LogP contribution in [0.25, 0.3) is 0 Å². The Morgan fingerprint density at radius 1 is 1.32 bits per heavy atom. The van der Waals surface area contributed by atoms with Crippen LogP contribution in [0.1, 0.15) is 58.3 Å². The molecule has 3 heteroatoms. The summed E-state index contributed by atoms with van der Waals surface area (Å²) in [7, 11) is 0. The summed E-state index contributed by atoms with van der Waals surface area (Å²) in [6.45, 7) is 2.31. The van der Waals surface area contributed by atoms with E-state index < -0.39 is 6.10 Å². The smallest absolute Gasteiger partial charge is 0.308 e. The Balaban J connectivity index is 1.63. The second kappa shape index (κ2) is 6.99. The van der Waals surface area contributed by atoms with Gasteiger partial charge >= 0.3 is 5.97 Å². The highest BCUT2D eigenvalue weighted by molar-refractivity contribution is 5.70. The fourth-order valence-corrected chi connectivity index (χ4v) is 4.40. The van der Waals surface area contributed by atoms with Gasteiger partial charge in [-0.15, -0.1) is 0 Å². The molecule has 1 N–H and O–H groups in total. The molecule has 0 radical (unpaired) electrons. The maximum absolute atomic E-state index is 11.5. The summed E-state index contributed by atoms with van der Waals surface area (Å²) in [5.74, 6) is 1.67. The third-order valence-corrected chi connectivity index (χ3v) is 5.62. The van der Waals surface area contributed by atoms with Gasteiger partial charge < -0.3 is 9.84 Å². The third-order valence-electron chi connectivity index (χ3n) is 5.62. The van der Waals surface area contributed by atoms with Crippen LogP contribution in [0, 0.1) is 17.8 Å². The van der Waals surface area contributed by atoms with Crippen LogP contribution in [0.2, 0.25) is 0 Å². The molecule has 1 aliphatic heterocycles. The highest BCUT2D eigenvalue weighted by Crippen LogP contribution is 2.42. The van der Waals surface area contributed by atoms with Gasteiger partial charge in [-0.25, -0.2) is 0 Å². The van der Waals surface area contributed by atoms with Gasteiger partial charge in [0.15, 0.2) is 0 Å². The number of esters is 1. The summed E-state index contributed by atoms with van der Waals surface area (Å²) in [5.41, 5.74) is 1.53. The second-order valence-electron chi connectivity index (χ2n) is 7.26. The van der Waals surface area contributed by atoms with Crippen molar-refractivity contribution in [3.63, 3.8) is 0 Å². The van der Waals surface area contributed by atoms with Crippen molar-refractivity contribution in [3.05, 3.63) is 23.8 Å². The van der Waals surface area contributed by atoms with Crippen LogP contribution in [-0.2, 0) is 9.53 Å². The first-order valence-electron chi connectivity index (χ1n) is 8.89. The number of ether oxygens (including phenoxy) is 1. The van der Waals surface area contributed by atoms with Crippen LogP contribution in [0.3, 0.4) is 0 Å². The molecular weight excluding hydrogens is 276 g/mol. The third kappa shape index (κ3) is 3.62. The zero-order chi connectivity index (χ0) is 15.5. The summed E-state index contributed by atoms with van der Waals surface area (Å²) in [6.07, 6.45) is 14.4. The lowest BCUT2D eigenvalue weighted by Gasteiger charge is -2.36. The van der Waals surface area contributed by atoms with Gasteiger partial charge in [-0.1, -0.05) is 31.6 Å². The Morgan fingerprint density at radius 2 is 2.18 bits per heavy atom. The van der Waals surface area contributed by atoms with Crippen molar-refractivity contribution < 1.29 is 14.6 Å². The van der Waals surface area contributed by atoms with Crippen LogP contribution in [0.15, 0.2) is 23.8 Å². The lowest BCUT2D eigenvalue weighted by atomic mass is 9.70. The average molecular weight is 304 g/mol. The molecule has 0 amide bonds. The lowest BCUT2D eigenvalue weighted by molar-refractivity contribution is -0.160. The number of cyclic esters (lactones) is 1. The predicted octanol–water partition coefficient (Wildman–Crippen LogP) is 3.77. The van der Waals surface area contributed by atoms with Crippen LogP contribution in [0.4, 0.5) is 0 Å². The van der Waals surface area contributed by atoms with Crippen LogP contribution in [0.5, 0.6) is 0 Å². The predicted molar refractivity (Wildman–Crippen MR) is 86.2 cm³/mol. The lowest BCUT2D eigenvalue weighted by Crippen LogP contribution is -2.34. The summed E-state index contributed by atoms with van der Waals surface area (Å²) in [5, 5.41) is 9.74. The van der Waals surface area contributed by atoms with E-state index in [4.69, 9.17) is 4.74 Å². The molecule has 0 bridgehead atoms. The maximum Gasteiger partial charge on any atom is 0.308 e. The van der Waals surface area contributed by atoms with Crippen molar-refractivity contribution in [1.29, 1.82) is 0 Å². The number of fused-ring (bicyclic) bond motifs is 1. The Bertz CT molecular complexity index is 465. The van der Waals surface area contributed by atoms with Crippen molar-refractivity contribution in [2.45, 2.75) is 70.5 Å². The van der Waals surface area contributed by atoms with Crippen molar-refractivity contribution in [2.75, 3.05) is 0 Å². The highest BCUT2D eigenvalue weighted by atomic mass is 16.5. The first-order chi connectivity index (χ1) is 10.6. The van der Waals surface area contributed by atoms with Gasteiger partial charge in [-0.3, -0.25) is 4.79 Å². The van der Waals surface area contributed by atoms with Gasteiger partial charge in [0.25, 0.3) is 0 Å². The largest absolute Gasteiger partial charge is 0.462 e. The van der Waals surface area contributed by atoms with E-state index in [-0.39, 0.29) is 18.5 Å². The molecule has 5 atom stereocenters. The van der Waals surface area contributed by atoms with E-state index in [9.17, 15) is 9.90 Å². The summed E-state index contributed by atoms with van der Waals surface area (Å²) in [6, 6.07) is 0. The van der Waals surface area contributed by atoms with E-state index in [1.54, 1.807) is 0 Å². The molecule has 0 saturated carbocycles. The minimum atomic E-state index is -0.511. The Kier molecular flexibility index (Phi) is 5.02. The minimum Gasteiger partial charge on any atom is -0.462 e. The molecule has 2 aliphatic carbocycles. The number of aliphatic hydroxyl groups excluding tert-OH is 1. The van der Waals surface area contributed by atoms with Gasteiger partial charge in [0.05, 0.1) is 12.5 Å². The quantitative estimate of drug-likeness (QED) is 0.807. The first kappa shape index (κ1) is 15.8. The van der Waals surface area contributed by atoms with Gasteiger partial charge in [0.1, 0.15) is 6.10 Å². The Morgan fingerprint density at radius 3 is 3.00 bits per heavy atom. The van der Waals surface area contributed by atoms with E-state index >= 15 is 0 Å². The van der Waals surface area contributed by atoms with E-state index in [1.807, 2.05) is 0 Å². The van der Waals surface area contributed by atoms with Crippen molar-refractivity contribution in [3.8, 4) is 0 Å². The summed E-state index contributed by atoms with van der Waals surface area (Å²) < 4.78 is 5.41. The number of hydrogen-bond acceptors (Lipinski definition) is 3. The Hall–Kier alpha value is -1.09. The average Bonchev–Trinajstić information content (AvgIpc) is 2.70. The fraction of sp³-hybridized carbons (Fsp3) is 0.737. The normalized spacial score (nSPS) is 38.7. The van der Waals surface area contributed by atoms with E-state index in [0.29, 0.717) is 24.2 Å². The van der Waals surface area contributed by atoms with Crippen LogP contribution < -0.4 is 0 Å². The standard InChI is InChI=1S/C19H28O3/c1-13-7-8-14-5-3-2-4-6-18(14)17(13)10-9-16-11-15(20)12-19(21)22-16/h5,7-8,13,15-18,20H,2-4,6,9-12H2,1H3/t13?,15?,16-,17?,18?/m1/s1. The number of carbonyl (C=O) groups excluding carboxylic acids is 1. The van der Waals surface area contributed by atoms with Crippen LogP contribution in [-0.4, -0.2) is 23.3 Å². The molecule has 3 aliphatic rings. The van der Waals surface area contributed by atoms with Crippen molar-refractivity contribution in [1.82, 2.24) is 0 Å². The van der Waals surface area contributed by atoms with Gasteiger partial charge in [-0.05, 0) is 55.4 Å². The zero-order valence-electron chi connectivity index (χ0n) is 13.5. The number of allylic oxidation sites excluding steroid dienone is 4. The number of rotatable bonds is 3. The number of aliphatic hydroxyl groups is 1. The van der Waals surface area contributed by atoms with E-state index in [2.05, 4.69) is 25.2 Å². The molecule has 0 aromatic carbocycles. The molecular formula is C19H28O3. The van der Waals surface area contributed by atoms with Gasteiger partial charge in [0, 0.05) is 6.42 Å². The zero-order valence-corrected chi connectivity index (χ0v) is 13.5. The SMILES string of the molecule is CC1C=CC2=CCCCCC2C1CC[C@@H]1CC(O)CC(=O)O1. The maximum atomic E-state index is 11.5. The molecule has 22 heavy (non-hydrogen) atoms. The van der Waals surface area contributed by atoms with Gasteiger partial charge in [-0.2, -0.15) is 0 Å². The highest BCUT2D eigenvalue weighted by Gasteiger charge is 2.33. The molecule has 1 fully saturated rings. The molecule has 0 aromatic heterocycles. The van der Waals surface area contributed by atoms with Crippen molar-refractivity contribution in [2.24, 2.45) is 17.8 Å². The summed E-state index contributed by atoms with van der Waals surface area (Å²) in [4.78, 5) is 11.5. The first-order valence-corrected chi connectivity index (χ1v) is 8.89. The topological polar surface area (TPSA) is 46.5 Å². The van der Waals surface area contributed by atoms with Crippen molar-refractivity contribution >= 4 is 5.97 Å². The molecule has 1 heterocycles. The number of hydrogen-bond donors (Lipinski definition) is 1. The second-order valence-corrected chi connectivity index (χ2v) is 7.26. The Labute approximate surface area is 133 Å². The molecule has 0 spiro atoms. The number of carbonyl (C=O) groups is 1. The molecule has 3 nitrogen and oxygen atoms in total. The molecule has 0 aromatic rings. The summed E-state index contributed by atoms with van der Waals surface area (Å²) >= 11 is 0. The molecule has 3 rings (SSSR count). The minimum absolute atomic E-state index is 0.0902.